The molecule has 1 N–H and O–H groups in total. The van der Waals surface area contributed by atoms with Gasteiger partial charge in [-0.3, -0.25) is 14.9 Å². The first-order chi connectivity index (χ1) is 19.4. The fourth-order valence-electron chi connectivity index (χ4n) is 5.08. The molecule has 0 saturated carbocycles. The SMILES string of the molecule is COc1ccc(C(=O)C2C(c3c(-c4cccc([N+](=O)[O-])c4)[nH]c4ccccc34)=NOC2c2ccc(F)cc2)cc1. The molecular weight excluding hydrogens is 513 g/mol. The molecule has 40 heavy (non-hydrogen) atoms. The molecular formula is C31H22FN3O5. The van der Waals surface area contributed by atoms with E-state index in [0.717, 1.165) is 10.9 Å². The molecule has 0 amide bonds. The van der Waals surface area contributed by atoms with Crippen molar-refractivity contribution in [2.75, 3.05) is 7.11 Å². The van der Waals surface area contributed by atoms with Gasteiger partial charge < -0.3 is 14.6 Å². The average molecular weight is 536 g/mol. The van der Waals surface area contributed by atoms with E-state index in [1.54, 1.807) is 55.6 Å². The number of ether oxygens (including phenoxy) is 1. The van der Waals surface area contributed by atoms with Gasteiger partial charge in [-0.05, 0) is 48.0 Å². The Morgan fingerprint density at radius 3 is 2.48 bits per heavy atom. The second kappa shape index (κ2) is 10.1. The Kier molecular flexibility index (Phi) is 6.31. The number of benzene rings is 4. The van der Waals surface area contributed by atoms with Gasteiger partial charge in [-0.15, -0.1) is 0 Å². The molecule has 198 valence electrons. The molecule has 1 aromatic heterocycles. The molecule has 6 rings (SSSR count). The van der Waals surface area contributed by atoms with Crippen molar-refractivity contribution in [3.8, 4) is 17.0 Å². The normalized spacial score (nSPS) is 16.4. The summed E-state index contributed by atoms with van der Waals surface area (Å²) in [5.41, 5.74) is 3.81. The summed E-state index contributed by atoms with van der Waals surface area (Å²) in [5.74, 6) is -0.947. The molecule has 5 aromatic rings. The number of H-pyrrole nitrogens is 1. The number of para-hydroxylation sites is 1. The van der Waals surface area contributed by atoms with Gasteiger partial charge in [-0.25, -0.2) is 4.39 Å². The third kappa shape index (κ3) is 4.37. The maximum Gasteiger partial charge on any atom is 0.270 e. The number of ketones is 1. The molecule has 2 atom stereocenters. The van der Waals surface area contributed by atoms with Crippen molar-refractivity contribution in [2.45, 2.75) is 6.10 Å². The Bertz CT molecular complexity index is 1780. The van der Waals surface area contributed by atoms with Crippen molar-refractivity contribution in [1.82, 2.24) is 4.98 Å². The maximum atomic E-state index is 14.2. The Morgan fingerprint density at radius 2 is 1.75 bits per heavy atom. The van der Waals surface area contributed by atoms with E-state index in [0.29, 0.717) is 39.4 Å². The minimum atomic E-state index is -0.893. The summed E-state index contributed by atoms with van der Waals surface area (Å²) < 4.78 is 19.0. The minimum absolute atomic E-state index is 0.0678. The molecule has 1 aliphatic rings. The number of nitro groups is 1. The van der Waals surface area contributed by atoms with E-state index >= 15 is 0 Å². The summed E-state index contributed by atoms with van der Waals surface area (Å²) in [6.07, 6.45) is -0.822. The van der Waals surface area contributed by atoms with E-state index in [2.05, 4.69) is 10.1 Å². The predicted molar refractivity (Wildman–Crippen MR) is 148 cm³/mol. The highest BCUT2D eigenvalue weighted by Crippen LogP contribution is 2.42. The Hall–Kier alpha value is -5.31. The summed E-state index contributed by atoms with van der Waals surface area (Å²) in [4.78, 5) is 34.5. The van der Waals surface area contributed by atoms with Crippen molar-refractivity contribution in [1.29, 1.82) is 0 Å². The van der Waals surface area contributed by atoms with Gasteiger partial charge >= 0.3 is 0 Å². The number of halogens is 1. The third-order valence-corrected chi connectivity index (χ3v) is 7.03. The van der Waals surface area contributed by atoms with Crippen LogP contribution in [0.25, 0.3) is 22.2 Å². The number of rotatable bonds is 7. The first kappa shape index (κ1) is 25.0. The van der Waals surface area contributed by atoms with Gasteiger partial charge in [0.15, 0.2) is 11.9 Å². The molecule has 0 fully saturated rings. The molecule has 0 saturated heterocycles. The molecule has 0 bridgehead atoms. The average Bonchev–Trinajstić information content (AvgIpc) is 3.59. The summed E-state index contributed by atoms with van der Waals surface area (Å²) in [6.45, 7) is 0. The van der Waals surface area contributed by atoms with Crippen LogP contribution in [0, 0.1) is 21.8 Å². The summed E-state index contributed by atoms with van der Waals surface area (Å²) in [7, 11) is 1.55. The van der Waals surface area contributed by atoms with E-state index in [1.807, 2.05) is 24.3 Å². The lowest BCUT2D eigenvalue weighted by atomic mass is 9.82. The van der Waals surface area contributed by atoms with Crippen LogP contribution in [0.1, 0.15) is 27.6 Å². The lowest BCUT2D eigenvalue weighted by Crippen LogP contribution is -2.27. The summed E-state index contributed by atoms with van der Waals surface area (Å²) in [5, 5.41) is 16.8. The van der Waals surface area contributed by atoms with Crippen molar-refractivity contribution in [3.05, 3.63) is 130 Å². The number of nitrogens with one attached hydrogen (secondary N) is 1. The number of methoxy groups -OCH3 is 1. The number of hydrogen-bond donors (Lipinski definition) is 1. The van der Waals surface area contributed by atoms with Crippen LogP contribution in [0.4, 0.5) is 10.1 Å². The maximum absolute atomic E-state index is 14.2. The molecule has 0 spiro atoms. The first-order valence-electron chi connectivity index (χ1n) is 12.5. The van der Waals surface area contributed by atoms with Crippen molar-refractivity contribution < 1.29 is 23.7 Å². The highest BCUT2D eigenvalue weighted by atomic mass is 19.1. The van der Waals surface area contributed by atoms with Crippen LogP contribution in [0.3, 0.4) is 0 Å². The van der Waals surface area contributed by atoms with Crippen molar-refractivity contribution in [3.63, 3.8) is 0 Å². The van der Waals surface area contributed by atoms with Crippen molar-refractivity contribution >= 4 is 28.1 Å². The van der Waals surface area contributed by atoms with Gasteiger partial charge in [-0.1, -0.05) is 47.6 Å². The monoisotopic (exact) mass is 535 g/mol. The molecule has 2 unspecified atom stereocenters. The lowest BCUT2D eigenvalue weighted by molar-refractivity contribution is -0.384. The zero-order valence-electron chi connectivity index (χ0n) is 21.2. The number of carbonyl (C=O) groups excluding carboxylic acids is 1. The summed E-state index contributed by atoms with van der Waals surface area (Å²) >= 11 is 0. The van der Waals surface area contributed by atoms with Crippen LogP contribution < -0.4 is 4.74 Å². The van der Waals surface area contributed by atoms with Gasteiger partial charge in [0.25, 0.3) is 5.69 Å². The molecule has 0 radical (unpaired) electrons. The third-order valence-electron chi connectivity index (χ3n) is 7.03. The van der Waals surface area contributed by atoms with Crippen LogP contribution in [0.15, 0.2) is 102 Å². The van der Waals surface area contributed by atoms with Gasteiger partial charge in [0, 0.05) is 39.7 Å². The van der Waals surface area contributed by atoms with Crippen LogP contribution >= 0.6 is 0 Å². The molecule has 4 aromatic carbocycles. The van der Waals surface area contributed by atoms with E-state index in [-0.39, 0.29) is 11.5 Å². The number of nitro benzene ring substituents is 1. The topological polar surface area (TPSA) is 107 Å². The van der Waals surface area contributed by atoms with E-state index in [1.165, 1.54) is 24.3 Å². The van der Waals surface area contributed by atoms with Gasteiger partial charge in [0.2, 0.25) is 0 Å². The lowest BCUT2D eigenvalue weighted by Gasteiger charge is -2.19. The van der Waals surface area contributed by atoms with Crippen molar-refractivity contribution in [2.24, 2.45) is 11.1 Å². The fraction of sp³-hybridized carbons (Fsp3) is 0.0968. The molecule has 2 heterocycles. The molecule has 0 aliphatic carbocycles. The zero-order chi connectivity index (χ0) is 27.8. The number of aromatic nitrogens is 1. The number of oxime groups is 1. The van der Waals surface area contributed by atoms with Crippen LogP contribution in [-0.2, 0) is 4.84 Å². The number of aromatic amines is 1. The van der Waals surface area contributed by atoms with E-state index in [9.17, 15) is 19.3 Å². The minimum Gasteiger partial charge on any atom is -0.497 e. The van der Waals surface area contributed by atoms with Crippen LogP contribution in [-0.4, -0.2) is 28.5 Å². The Labute approximate surface area is 227 Å². The quantitative estimate of drug-likeness (QED) is 0.139. The second-order valence-corrected chi connectivity index (χ2v) is 9.35. The van der Waals surface area contributed by atoms with Crippen LogP contribution in [0.2, 0.25) is 0 Å². The highest BCUT2D eigenvalue weighted by molar-refractivity contribution is 6.25. The number of fused-ring (bicyclic) bond motifs is 1. The predicted octanol–water partition coefficient (Wildman–Crippen LogP) is 6.87. The number of hydrogen-bond acceptors (Lipinski definition) is 6. The zero-order valence-corrected chi connectivity index (χ0v) is 21.2. The molecule has 9 heteroatoms. The molecule has 8 nitrogen and oxygen atoms in total. The Balaban J connectivity index is 1.54. The van der Waals surface area contributed by atoms with Gasteiger partial charge in [-0.2, -0.15) is 0 Å². The fourth-order valence-corrected chi connectivity index (χ4v) is 5.08. The smallest absolute Gasteiger partial charge is 0.270 e. The largest absolute Gasteiger partial charge is 0.497 e. The standard InChI is InChI=1S/C31H22FN3O5/c1-39-23-15-11-18(12-16-23)30(36)27-29(34-40-31(27)19-9-13-21(32)14-10-19)26-24-7-2-3-8-25(24)33-28(26)20-5-4-6-22(17-20)35(37)38/h2-17,27,31,33H,1H3. The number of Topliss-reactive ketones (excluding diaryl/α,β-unsaturated/α-hetero) is 1. The number of nitrogens with zero attached hydrogens (tertiary/aromatic N) is 2. The van der Waals surface area contributed by atoms with Gasteiger partial charge in [0.05, 0.1) is 17.7 Å². The number of non-ortho nitro benzene ring substituents is 1. The highest BCUT2D eigenvalue weighted by Gasteiger charge is 2.43. The first-order valence-corrected chi connectivity index (χ1v) is 12.5. The Morgan fingerprint density at radius 1 is 1.00 bits per heavy atom. The second-order valence-electron chi connectivity index (χ2n) is 9.35. The van der Waals surface area contributed by atoms with E-state index in [4.69, 9.17) is 9.57 Å². The summed E-state index contributed by atoms with van der Waals surface area (Å²) in [6, 6.07) is 26.3. The molecule has 1 aliphatic heterocycles. The number of carbonyl (C=O) groups is 1. The van der Waals surface area contributed by atoms with E-state index < -0.39 is 22.8 Å². The van der Waals surface area contributed by atoms with Crippen LogP contribution in [0.5, 0.6) is 5.75 Å². The van der Waals surface area contributed by atoms with Gasteiger partial charge in [0.1, 0.15) is 23.2 Å².